The number of aromatic nitrogens is 4. The van der Waals surface area contributed by atoms with Crippen LogP contribution >= 0.6 is 0 Å². The topological polar surface area (TPSA) is 81.1 Å². The zero-order chi connectivity index (χ0) is 14.5. The van der Waals surface area contributed by atoms with E-state index in [1.165, 1.54) is 18.7 Å². The number of ether oxygens (including phenoxy) is 1. The van der Waals surface area contributed by atoms with E-state index in [2.05, 4.69) is 19.9 Å². The Morgan fingerprint density at radius 2 is 2.00 bits per heavy atom. The molecule has 0 bridgehead atoms. The fourth-order valence-corrected chi connectivity index (χ4v) is 2.27. The molecule has 1 aliphatic rings. The van der Waals surface area contributed by atoms with Gasteiger partial charge in [0.2, 0.25) is 5.88 Å². The van der Waals surface area contributed by atoms with Gasteiger partial charge in [0, 0.05) is 50.6 Å². The van der Waals surface area contributed by atoms with Crippen molar-refractivity contribution in [3.05, 3.63) is 42.9 Å². The molecule has 2 aromatic heterocycles. The number of hydrogen-bond donors (Lipinski definition) is 0. The highest BCUT2D eigenvalue weighted by molar-refractivity contribution is 5.92. The number of hydrogen-bond acceptors (Lipinski definition) is 6. The monoisotopic (exact) mass is 285 g/mol. The van der Waals surface area contributed by atoms with Crippen LogP contribution in [0.3, 0.4) is 0 Å². The molecule has 0 N–H and O–H groups in total. The lowest BCUT2D eigenvalue weighted by Gasteiger charge is -2.31. The summed E-state index contributed by atoms with van der Waals surface area (Å²) in [7, 11) is 0. The molecule has 3 rings (SSSR count). The molecular formula is C14H15N5O2. The first-order valence-electron chi connectivity index (χ1n) is 6.81. The molecule has 0 spiro atoms. The quantitative estimate of drug-likeness (QED) is 0.835. The van der Waals surface area contributed by atoms with E-state index in [1.807, 2.05) is 0 Å². The standard InChI is InChI=1S/C14H15N5O2/c20-14(12-9-15-5-6-17-12)19-7-2-11(3-8-19)21-13-1-4-16-10-18-13/h1,4-6,9-11H,2-3,7-8H2. The molecule has 2 aromatic rings. The molecule has 7 heteroatoms. The summed E-state index contributed by atoms with van der Waals surface area (Å²) in [6.07, 6.45) is 9.30. The van der Waals surface area contributed by atoms with Gasteiger partial charge in [0.25, 0.3) is 5.91 Å². The van der Waals surface area contributed by atoms with E-state index < -0.39 is 0 Å². The van der Waals surface area contributed by atoms with E-state index in [-0.39, 0.29) is 12.0 Å². The van der Waals surface area contributed by atoms with Gasteiger partial charge in [0.1, 0.15) is 18.1 Å². The van der Waals surface area contributed by atoms with Gasteiger partial charge in [-0.05, 0) is 0 Å². The number of likely N-dealkylation sites (tertiary alicyclic amines) is 1. The third-order valence-electron chi connectivity index (χ3n) is 3.35. The first-order valence-corrected chi connectivity index (χ1v) is 6.81. The average molecular weight is 285 g/mol. The van der Waals surface area contributed by atoms with Crippen molar-refractivity contribution in [2.24, 2.45) is 0 Å². The van der Waals surface area contributed by atoms with Crippen LogP contribution < -0.4 is 4.74 Å². The van der Waals surface area contributed by atoms with Gasteiger partial charge in [-0.15, -0.1) is 0 Å². The smallest absolute Gasteiger partial charge is 0.274 e. The average Bonchev–Trinajstić information content (AvgIpc) is 2.57. The highest BCUT2D eigenvalue weighted by Crippen LogP contribution is 2.17. The maximum atomic E-state index is 12.2. The Bertz CT molecular complexity index is 585. The molecule has 1 saturated heterocycles. The molecule has 0 saturated carbocycles. The second-order valence-corrected chi connectivity index (χ2v) is 4.75. The third kappa shape index (κ3) is 3.31. The van der Waals surface area contributed by atoms with Crippen molar-refractivity contribution in [2.45, 2.75) is 18.9 Å². The zero-order valence-corrected chi connectivity index (χ0v) is 11.4. The largest absolute Gasteiger partial charge is 0.474 e. The van der Waals surface area contributed by atoms with Crippen molar-refractivity contribution in [1.82, 2.24) is 24.8 Å². The maximum absolute atomic E-state index is 12.2. The van der Waals surface area contributed by atoms with Crippen molar-refractivity contribution >= 4 is 5.91 Å². The molecule has 0 aliphatic carbocycles. The summed E-state index contributed by atoms with van der Waals surface area (Å²) in [6, 6.07) is 1.73. The molecular weight excluding hydrogens is 270 g/mol. The van der Waals surface area contributed by atoms with Gasteiger partial charge in [0.05, 0.1) is 6.20 Å². The Morgan fingerprint density at radius 3 is 2.67 bits per heavy atom. The normalized spacial score (nSPS) is 15.7. The molecule has 21 heavy (non-hydrogen) atoms. The number of amides is 1. The molecule has 1 aliphatic heterocycles. The van der Waals surface area contributed by atoms with Crippen LogP contribution in [-0.2, 0) is 0 Å². The molecule has 1 fully saturated rings. The Morgan fingerprint density at radius 1 is 1.14 bits per heavy atom. The fraction of sp³-hybridized carbons (Fsp3) is 0.357. The zero-order valence-electron chi connectivity index (χ0n) is 11.4. The minimum Gasteiger partial charge on any atom is -0.474 e. The lowest BCUT2D eigenvalue weighted by molar-refractivity contribution is 0.0582. The van der Waals surface area contributed by atoms with Crippen LogP contribution in [0.4, 0.5) is 0 Å². The summed E-state index contributed by atoms with van der Waals surface area (Å²) in [5.41, 5.74) is 0.382. The van der Waals surface area contributed by atoms with Crippen LogP contribution in [0.25, 0.3) is 0 Å². The van der Waals surface area contributed by atoms with E-state index >= 15 is 0 Å². The molecule has 3 heterocycles. The highest BCUT2D eigenvalue weighted by atomic mass is 16.5. The summed E-state index contributed by atoms with van der Waals surface area (Å²) < 4.78 is 5.77. The van der Waals surface area contributed by atoms with E-state index in [0.717, 1.165) is 12.8 Å². The van der Waals surface area contributed by atoms with E-state index in [1.54, 1.807) is 23.4 Å². The number of carbonyl (C=O) groups is 1. The van der Waals surface area contributed by atoms with Crippen LogP contribution in [0.1, 0.15) is 23.3 Å². The molecule has 7 nitrogen and oxygen atoms in total. The summed E-state index contributed by atoms with van der Waals surface area (Å²) >= 11 is 0. The van der Waals surface area contributed by atoms with Crippen molar-refractivity contribution in [2.75, 3.05) is 13.1 Å². The van der Waals surface area contributed by atoms with Gasteiger partial charge in [-0.3, -0.25) is 9.78 Å². The van der Waals surface area contributed by atoms with Gasteiger partial charge in [-0.1, -0.05) is 0 Å². The molecule has 0 atom stereocenters. The number of rotatable bonds is 3. The summed E-state index contributed by atoms with van der Waals surface area (Å²) in [4.78, 5) is 29.9. The molecule has 108 valence electrons. The van der Waals surface area contributed by atoms with E-state index in [4.69, 9.17) is 4.74 Å². The van der Waals surface area contributed by atoms with Gasteiger partial charge >= 0.3 is 0 Å². The van der Waals surface area contributed by atoms with Gasteiger partial charge < -0.3 is 9.64 Å². The van der Waals surface area contributed by atoms with Crippen molar-refractivity contribution < 1.29 is 9.53 Å². The lowest BCUT2D eigenvalue weighted by atomic mass is 10.1. The summed E-state index contributed by atoms with van der Waals surface area (Å²) in [5, 5.41) is 0. The van der Waals surface area contributed by atoms with Crippen molar-refractivity contribution in [1.29, 1.82) is 0 Å². The van der Waals surface area contributed by atoms with E-state index in [9.17, 15) is 4.79 Å². The highest BCUT2D eigenvalue weighted by Gasteiger charge is 2.25. The minimum absolute atomic E-state index is 0.0748. The molecule has 1 amide bonds. The Kier molecular flexibility index (Phi) is 3.99. The Labute approximate surface area is 122 Å². The van der Waals surface area contributed by atoms with Crippen LogP contribution in [0, 0.1) is 0 Å². The predicted molar refractivity (Wildman–Crippen MR) is 73.6 cm³/mol. The van der Waals surface area contributed by atoms with Crippen LogP contribution in [0.5, 0.6) is 5.88 Å². The molecule has 0 unspecified atom stereocenters. The lowest BCUT2D eigenvalue weighted by Crippen LogP contribution is -2.42. The molecule has 0 aromatic carbocycles. The van der Waals surface area contributed by atoms with Crippen molar-refractivity contribution in [3.63, 3.8) is 0 Å². The first kappa shape index (κ1) is 13.4. The predicted octanol–water partition coefficient (Wildman–Crippen LogP) is 0.950. The fourth-order valence-electron chi connectivity index (χ4n) is 2.27. The number of carbonyl (C=O) groups excluding carboxylic acids is 1. The summed E-state index contributed by atoms with van der Waals surface area (Å²) in [5.74, 6) is 0.493. The second-order valence-electron chi connectivity index (χ2n) is 4.75. The van der Waals surface area contributed by atoms with Gasteiger partial charge in [0.15, 0.2) is 0 Å². The van der Waals surface area contributed by atoms with Gasteiger partial charge in [-0.25, -0.2) is 15.0 Å². The SMILES string of the molecule is O=C(c1cnccn1)N1CCC(Oc2ccncn2)CC1. The van der Waals surface area contributed by atoms with Crippen LogP contribution in [0.15, 0.2) is 37.2 Å². The number of nitrogens with zero attached hydrogens (tertiary/aromatic N) is 5. The first-order chi connectivity index (χ1) is 10.3. The molecule has 0 radical (unpaired) electrons. The van der Waals surface area contributed by atoms with Gasteiger partial charge in [-0.2, -0.15) is 0 Å². The number of piperidine rings is 1. The van der Waals surface area contributed by atoms with Crippen LogP contribution in [0.2, 0.25) is 0 Å². The second kappa shape index (κ2) is 6.25. The Hall–Kier alpha value is -2.57. The van der Waals surface area contributed by atoms with Crippen molar-refractivity contribution in [3.8, 4) is 5.88 Å². The van der Waals surface area contributed by atoms with E-state index in [0.29, 0.717) is 24.7 Å². The third-order valence-corrected chi connectivity index (χ3v) is 3.35. The maximum Gasteiger partial charge on any atom is 0.274 e. The Balaban J connectivity index is 1.54. The summed E-state index contributed by atoms with van der Waals surface area (Å²) in [6.45, 7) is 1.29. The minimum atomic E-state index is -0.0800. The van der Waals surface area contributed by atoms with Crippen LogP contribution in [-0.4, -0.2) is 49.9 Å².